The number of hydrogen-bond donors (Lipinski definition) is 1. The Bertz CT molecular complexity index is 809. The van der Waals surface area contributed by atoms with Crippen LogP contribution in [0.5, 0.6) is 0 Å². The van der Waals surface area contributed by atoms with E-state index in [1.54, 1.807) is 13.8 Å². The first-order valence-electron chi connectivity index (χ1n) is 6.99. The third kappa shape index (κ3) is 3.62. The molecule has 0 saturated heterocycles. The quantitative estimate of drug-likeness (QED) is 0.475. The van der Waals surface area contributed by atoms with Crippen LogP contribution >= 0.6 is 0 Å². The molecule has 11 heteroatoms. The normalized spacial score (nSPS) is 11.2. The number of aromatic nitrogens is 4. The molecule has 0 aliphatic heterocycles. The third-order valence-corrected chi connectivity index (χ3v) is 3.40. The van der Waals surface area contributed by atoms with Crippen molar-refractivity contribution in [3.63, 3.8) is 0 Å². The van der Waals surface area contributed by atoms with Gasteiger partial charge in [-0.25, -0.2) is 10.1 Å². The highest BCUT2D eigenvalue weighted by molar-refractivity contribution is 5.83. The maximum atomic E-state index is 13.7. The molecule has 1 amide bonds. The second-order valence-corrected chi connectivity index (χ2v) is 5.05. The minimum atomic E-state index is -0.551. The van der Waals surface area contributed by atoms with Crippen LogP contribution in [0, 0.1) is 29.9 Å². The molecule has 0 aliphatic carbocycles. The number of amides is 1. The topological polar surface area (TPSA) is 120 Å². The number of nitrogens with one attached hydrogen (secondary N) is 1. The van der Waals surface area contributed by atoms with Crippen LogP contribution in [0.3, 0.4) is 0 Å². The third-order valence-electron chi connectivity index (χ3n) is 3.40. The second kappa shape index (κ2) is 6.98. The fourth-order valence-corrected chi connectivity index (χ4v) is 2.07. The molecule has 0 saturated carbocycles. The molecule has 128 valence electrons. The highest BCUT2D eigenvalue weighted by atomic mass is 19.1. The van der Waals surface area contributed by atoms with Gasteiger partial charge < -0.3 is 0 Å². The van der Waals surface area contributed by atoms with E-state index >= 15 is 0 Å². The maximum absolute atomic E-state index is 13.7. The number of nitro groups is 1. The van der Waals surface area contributed by atoms with Gasteiger partial charge in [0.25, 0.3) is 0 Å². The molecular weight excluding hydrogens is 321 g/mol. The van der Waals surface area contributed by atoms with E-state index in [2.05, 4.69) is 20.7 Å². The Morgan fingerprint density at radius 3 is 2.79 bits per heavy atom. The average molecular weight is 337 g/mol. The molecule has 0 aromatic carbocycles. The van der Waals surface area contributed by atoms with E-state index in [1.807, 2.05) is 0 Å². The minimum Gasteiger partial charge on any atom is -0.273 e. The molecule has 1 N–H and O–H groups in total. The van der Waals surface area contributed by atoms with Gasteiger partial charge in [-0.3, -0.25) is 19.6 Å². The summed E-state index contributed by atoms with van der Waals surface area (Å²) >= 11 is 0. The molecule has 0 unspecified atom stereocenters. The molecule has 0 aliphatic rings. The number of carbonyl (C=O) groups excluding carboxylic acids is 1. The van der Waals surface area contributed by atoms with E-state index in [1.165, 1.54) is 17.9 Å². The summed E-state index contributed by atoms with van der Waals surface area (Å²) in [7, 11) is 1.46. The number of hydrogen-bond acceptors (Lipinski definition) is 6. The monoisotopic (exact) mass is 337 g/mol. The number of halogens is 1. The van der Waals surface area contributed by atoms with Crippen LogP contribution < -0.4 is 5.43 Å². The van der Waals surface area contributed by atoms with Gasteiger partial charge in [0.1, 0.15) is 11.9 Å². The van der Waals surface area contributed by atoms with Crippen molar-refractivity contribution in [2.24, 2.45) is 12.1 Å². The highest BCUT2D eigenvalue weighted by Gasteiger charge is 2.16. The van der Waals surface area contributed by atoms with Crippen LogP contribution in [0.15, 0.2) is 11.3 Å². The Hall–Kier alpha value is -3.11. The first kappa shape index (κ1) is 17.2. The van der Waals surface area contributed by atoms with Crippen molar-refractivity contribution < 1.29 is 14.1 Å². The van der Waals surface area contributed by atoms with Crippen LogP contribution in [0.1, 0.15) is 23.4 Å². The Labute approximate surface area is 136 Å². The first-order valence-corrected chi connectivity index (χ1v) is 6.99. The molecular formula is C13H16FN7O3. The van der Waals surface area contributed by atoms with Crippen molar-refractivity contribution >= 4 is 17.8 Å². The first-order chi connectivity index (χ1) is 11.3. The molecule has 0 bridgehead atoms. The van der Waals surface area contributed by atoms with Crippen molar-refractivity contribution in [2.75, 3.05) is 0 Å². The molecule has 0 atom stereocenters. The smallest absolute Gasteiger partial charge is 0.273 e. The van der Waals surface area contributed by atoms with Gasteiger partial charge in [0.2, 0.25) is 11.9 Å². The Kier molecular flexibility index (Phi) is 5.02. The zero-order chi connectivity index (χ0) is 17.9. The lowest BCUT2D eigenvalue weighted by Crippen LogP contribution is -2.20. The van der Waals surface area contributed by atoms with Crippen LogP contribution in [-0.2, 0) is 18.4 Å². The van der Waals surface area contributed by atoms with Crippen molar-refractivity contribution in [1.29, 1.82) is 0 Å². The Morgan fingerprint density at radius 2 is 2.25 bits per heavy atom. The van der Waals surface area contributed by atoms with E-state index in [0.717, 1.165) is 10.9 Å². The van der Waals surface area contributed by atoms with Crippen molar-refractivity contribution in [3.05, 3.63) is 39.2 Å². The van der Waals surface area contributed by atoms with Crippen LogP contribution in [0.25, 0.3) is 0 Å². The van der Waals surface area contributed by atoms with Gasteiger partial charge >= 0.3 is 5.69 Å². The molecule has 2 aromatic rings. The van der Waals surface area contributed by atoms with Gasteiger partial charge in [-0.1, -0.05) is 0 Å². The van der Waals surface area contributed by atoms with Crippen molar-refractivity contribution in [1.82, 2.24) is 25.0 Å². The summed E-state index contributed by atoms with van der Waals surface area (Å²) in [5.41, 5.74) is 3.17. The lowest BCUT2D eigenvalue weighted by atomic mass is 10.3. The minimum absolute atomic E-state index is 0.0194. The number of rotatable bonds is 6. The zero-order valence-corrected chi connectivity index (χ0v) is 13.4. The number of nitrogens with zero attached hydrogens (tertiary/aromatic N) is 6. The van der Waals surface area contributed by atoms with Gasteiger partial charge in [0, 0.05) is 13.5 Å². The molecule has 2 aromatic heterocycles. The van der Waals surface area contributed by atoms with E-state index in [9.17, 15) is 19.3 Å². The summed E-state index contributed by atoms with van der Waals surface area (Å²) in [5.74, 6) is -0.976. The summed E-state index contributed by atoms with van der Waals surface area (Å²) in [6.45, 7) is 3.34. The van der Waals surface area contributed by atoms with Gasteiger partial charge in [-0.15, -0.1) is 0 Å². The fraction of sp³-hybridized carbons (Fsp3) is 0.385. The van der Waals surface area contributed by atoms with E-state index in [-0.39, 0.29) is 24.2 Å². The standard InChI is InChI=1S/C13H16FN7O3/c1-8-10(13(14)19(3)18-8)6-15-17-12(22)4-5-20-9(2)11(7-16-20)21(23)24/h6-7H,4-5H2,1-3H3,(H,17,22)/b15-6+. The lowest BCUT2D eigenvalue weighted by molar-refractivity contribution is -0.385. The van der Waals surface area contributed by atoms with E-state index in [0.29, 0.717) is 11.4 Å². The number of carbonyl (C=O) groups is 1. The second-order valence-electron chi connectivity index (χ2n) is 5.05. The lowest BCUT2D eigenvalue weighted by Gasteiger charge is -2.02. The van der Waals surface area contributed by atoms with Gasteiger partial charge in [0.15, 0.2) is 0 Å². The average Bonchev–Trinajstić information content (AvgIpc) is 2.99. The molecule has 2 heterocycles. The molecule has 0 fully saturated rings. The predicted octanol–water partition coefficient (Wildman–Crippen LogP) is 0.821. The summed E-state index contributed by atoms with van der Waals surface area (Å²) in [5, 5.41) is 22.2. The van der Waals surface area contributed by atoms with Gasteiger partial charge in [-0.05, 0) is 13.8 Å². The summed E-state index contributed by atoms with van der Waals surface area (Å²) < 4.78 is 16.1. The zero-order valence-electron chi connectivity index (χ0n) is 13.4. The predicted molar refractivity (Wildman–Crippen MR) is 81.9 cm³/mol. The highest BCUT2D eigenvalue weighted by Crippen LogP contribution is 2.16. The van der Waals surface area contributed by atoms with Crippen LogP contribution in [-0.4, -0.2) is 36.6 Å². The van der Waals surface area contributed by atoms with Crippen LogP contribution in [0.2, 0.25) is 0 Å². The van der Waals surface area contributed by atoms with Gasteiger partial charge in [-0.2, -0.15) is 19.7 Å². The van der Waals surface area contributed by atoms with E-state index < -0.39 is 16.8 Å². The summed E-state index contributed by atoms with van der Waals surface area (Å²) in [4.78, 5) is 21.9. The SMILES string of the molecule is Cc1nn(C)c(F)c1/C=N/NC(=O)CCn1ncc([N+](=O)[O-])c1C. The number of hydrazone groups is 1. The molecule has 10 nitrogen and oxygen atoms in total. The van der Waals surface area contributed by atoms with Crippen LogP contribution in [0.4, 0.5) is 10.1 Å². The van der Waals surface area contributed by atoms with Gasteiger partial charge in [0.05, 0.1) is 28.9 Å². The summed E-state index contributed by atoms with van der Waals surface area (Å²) in [6.07, 6.45) is 2.34. The molecule has 24 heavy (non-hydrogen) atoms. The Morgan fingerprint density at radius 1 is 1.54 bits per heavy atom. The molecule has 0 radical (unpaired) electrons. The molecule has 2 rings (SSSR count). The maximum Gasteiger partial charge on any atom is 0.309 e. The number of aryl methyl sites for hydroxylation is 3. The van der Waals surface area contributed by atoms with Crippen molar-refractivity contribution in [3.8, 4) is 0 Å². The largest absolute Gasteiger partial charge is 0.309 e. The van der Waals surface area contributed by atoms with Crippen molar-refractivity contribution in [2.45, 2.75) is 26.8 Å². The van der Waals surface area contributed by atoms with E-state index in [4.69, 9.17) is 0 Å². The fourth-order valence-electron chi connectivity index (χ4n) is 2.07. The molecule has 0 spiro atoms. The summed E-state index contributed by atoms with van der Waals surface area (Å²) in [6, 6.07) is 0. The Balaban J connectivity index is 1.90.